The molecule has 2 rings (SSSR count). The van der Waals surface area contributed by atoms with Crippen LogP contribution in [0.1, 0.15) is 77.6 Å². The fourth-order valence-corrected chi connectivity index (χ4v) is 4.09. The van der Waals surface area contributed by atoms with Gasteiger partial charge in [0.05, 0.1) is 6.10 Å². The van der Waals surface area contributed by atoms with E-state index in [4.69, 9.17) is 0 Å². The Labute approximate surface area is 119 Å². The fraction of sp³-hybridized carbons (Fsp3) is 1.00. The third kappa shape index (κ3) is 4.75. The molecule has 2 heteroatoms. The van der Waals surface area contributed by atoms with Crippen LogP contribution in [0.2, 0.25) is 0 Å². The molecule has 2 aliphatic rings. The lowest BCUT2D eigenvalue weighted by Crippen LogP contribution is -2.44. The van der Waals surface area contributed by atoms with Gasteiger partial charge in [0.2, 0.25) is 0 Å². The molecule has 0 aromatic rings. The highest BCUT2D eigenvalue weighted by atomic mass is 16.3. The van der Waals surface area contributed by atoms with E-state index in [0.717, 1.165) is 12.3 Å². The van der Waals surface area contributed by atoms with Gasteiger partial charge in [-0.1, -0.05) is 45.4 Å². The number of likely N-dealkylation sites (tertiary alicyclic amines) is 1. The standard InChI is InChI=1S/C17H33NO/c1-2-8-15-9-7-13-18(14-12-15)16-10-5-3-4-6-11-17(16)19/h15-17,19H,2-14H2,1H3. The van der Waals surface area contributed by atoms with Gasteiger partial charge in [0.1, 0.15) is 0 Å². The Balaban J connectivity index is 1.87. The number of aliphatic hydroxyl groups excluding tert-OH is 1. The normalized spacial score (nSPS) is 35.4. The number of hydrogen-bond acceptors (Lipinski definition) is 2. The van der Waals surface area contributed by atoms with Crippen LogP contribution < -0.4 is 0 Å². The van der Waals surface area contributed by atoms with Crippen LogP contribution in [-0.4, -0.2) is 35.2 Å². The molecule has 1 aliphatic carbocycles. The van der Waals surface area contributed by atoms with E-state index in [-0.39, 0.29) is 6.10 Å². The summed E-state index contributed by atoms with van der Waals surface area (Å²) in [6.07, 6.45) is 14.3. The molecule has 0 radical (unpaired) electrons. The first kappa shape index (κ1) is 15.3. The Kier molecular flexibility index (Phi) is 6.66. The van der Waals surface area contributed by atoms with E-state index in [2.05, 4.69) is 11.8 Å². The van der Waals surface area contributed by atoms with Gasteiger partial charge in [0, 0.05) is 6.04 Å². The molecule has 3 unspecified atom stereocenters. The maximum absolute atomic E-state index is 10.4. The van der Waals surface area contributed by atoms with E-state index in [1.165, 1.54) is 77.3 Å². The summed E-state index contributed by atoms with van der Waals surface area (Å²) in [5, 5.41) is 10.4. The maximum atomic E-state index is 10.4. The first-order valence-corrected chi connectivity index (χ1v) is 8.73. The molecule has 2 nitrogen and oxygen atoms in total. The highest BCUT2D eigenvalue weighted by Gasteiger charge is 2.28. The molecule has 1 heterocycles. The van der Waals surface area contributed by atoms with Crippen molar-refractivity contribution in [1.82, 2.24) is 4.90 Å². The molecular formula is C17H33NO. The lowest BCUT2D eigenvalue weighted by atomic mass is 9.93. The monoisotopic (exact) mass is 267 g/mol. The number of hydrogen-bond donors (Lipinski definition) is 1. The average Bonchev–Trinajstić information content (AvgIpc) is 2.61. The van der Waals surface area contributed by atoms with Crippen LogP contribution in [0.4, 0.5) is 0 Å². The molecule has 19 heavy (non-hydrogen) atoms. The topological polar surface area (TPSA) is 23.5 Å². The quantitative estimate of drug-likeness (QED) is 0.836. The largest absolute Gasteiger partial charge is 0.391 e. The summed E-state index contributed by atoms with van der Waals surface area (Å²) in [5.74, 6) is 0.945. The molecule has 1 N–H and O–H groups in total. The molecule has 0 bridgehead atoms. The lowest BCUT2D eigenvalue weighted by molar-refractivity contribution is 0.0322. The Bertz CT molecular complexity index is 243. The van der Waals surface area contributed by atoms with Crippen molar-refractivity contribution in [2.45, 2.75) is 89.7 Å². The van der Waals surface area contributed by atoms with Crippen LogP contribution >= 0.6 is 0 Å². The number of rotatable bonds is 3. The van der Waals surface area contributed by atoms with Crippen molar-refractivity contribution in [2.24, 2.45) is 5.92 Å². The molecule has 0 aromatic carbocycles. The minimum atomic E-state index is -0.0666. The zero-order valence-electron chi connectivity index (χ0n) is 12.8. The van der Waals surface area contributed by atoms with Crippen LogP contribution in [0.5, 0.6) is 0 Å². The van der Waals surface area contributed by atoms with Crippen molar-refractivity contribution >= 4 is 0 Å². The highest BCUT2D eigenvalue weighted by Crippen LogP contribution is 2.27. The highest BCUT2D eigenvalue weighted by molar-refractivity contribution is 4.83. The van der Waals surface area contributed by atoms with Crippen LogP contribution in [-0.2, 0) is 0 Å². The van der Waals surface area contributed by atoms with Crippen LogP contribution in [0.3, 0.4) is 0 Å². The van der Waals surface area contributed by atoms with E-state index < -0.39 is 0 Å². The summed E-state index contributed by atoms with van der Waals surface area (Å²) in [5.41, 5.74) is 0. The van der Waals surface area contributed by atoms with E-state index >= 15 is 0 Å². The Hall–Kier alpha value is -0.0800. The summed E-state index contributed by atoms with van der Waals surface area (Å²) in [7, 11) is 0. The molecule has 0 spiro atoms. The van der Waals surface area contributed by atoms with Crippen molar-refractivity contribution in [3.63, 3.8) is 0 Å². The van der Waals surface area contributed by atoms with Crippen LogP contribution in [0.25, 0.3) is 0 Å². The zero-order chi connectivity index (χ0) is 13.5. The van der Waals surface area contributed by atoms with Gasteiger partial charge in [-0.15, -0.1) is 0 Å². The molecular weight excluding hydrogens is 234 g/mol. The van der Waals surface area contributed by atoms with Gasteiger partial charge in [-0.25, -0.2) is 0 Å². The van der Waals surface area contributed by atoms with Gasteiger partial charge in [-0.05, 0) is 51.1 Å². The summed E-state index contributed by atoms with van der Waals surface area (Å²) < 4.78 is 0. The molecule has 1 saturated heterocycles. The minimum absolute atomic E-state index is 0.0666. The number of nitrogens with zero attached hydrogens (tertiary/aromatic N) is 1. The Morgan fingerprint density at radius 3 is 2.47 bits per heavy atom. The van der Waals surface area contributed by atoms with Gasteiger partial charge in [-0.3, -0.25) is 4.90 Å². The van der Waals surface area contributed by atoms with Crippen molar-refractivity contribution < 1.29 is 5.11 Å². The molecule has 1 aliphatic heterocycles. The molecule has 0 amide bonds. The summed E-state index contributed by atoms with van der Waals surface area (Å²) >= 11 is 0. The molecule has 0 aromatic heterocycles. The lowest BCUT2D eigenvalue weighted by Gasteiger charge is -2.35. The van der Waals surface area contributed by atoms with E-state index in [9.17, 15) is 5.11 Å². The molecule has 112 valence electrons. The average molecular weight is 267 g/mol. The summed E-state index contributed by atoms with van der Waals surface area (Å²) in [6, 6.07) is 0.459. The van der Waals surface area contributed by atoms with Crippen LogP contribution in [0, 0.1) is 5.92 Å². The van der Waals surface area contributed by atoms with Gasteiger partial charge >= 0.3 is 0 Å². The molecule has 2 fully saturated rings. The van der Waals surface area contributed by atoms with Gasteiger partial charge in [0.15, 0.2) is 0 Å². The third-order valence-corrected chi connectivity index (χ3v) is 5.24. The van der Waals surface area contributed by atoms with Crippen molar-refractivity contribution in [3.05, 3.63) is 0 Å². The van der Waals surface area contributed by atoms with Crippen molar-refractivity contribution in [3.8, 4) is 0 Å². The molecule has 3 atom stereocenters. The Morgan fingerprint density at radius 2 is 1.68 bits per heavy atom. The van der Waals surface area contributed by atoms with E-state index in [1.807, 2.05) is 0 Å². The maximum Gasteiger partial charge on any atom is 0.0695 e. The first-order valence-electron chi connectivity index (χ1n) is 8.73. The second-order valence-electron chi connectivity index (χ2n) is 6.75. The molecule has 1 saturated carbocycles. The van der Waals surface area contributed by atoms with Crippen molar-refractivity contribution in [2.75, 3.05) is 13.1 Å². The predicted octanol–water partition coefficient (Wildman–Crippen LogP) is 3.97. The Morgan fingerprint density at radius 1 is 0.895 bits per heavy atom. The van der Waals surface area contributed by atoms with E-state index in [0.29, 0.717) is 6.04 Å². The third-order valence-electron chi connectivity index (χ3n) is 5.24. The predicted molar refractivity (Wildman–Crippen MR) is 81.3 cm³/mol. The SMILES string of the molecule is CCCC1CCCN(C2CCCCCCC2O)CC1. The summed E-state index contributed by atoms with van der Waals surface area (Å²) in [6.45, 7) is 4.76. The van der Waals surface area contributed by atoms with Crippen molar-refractivity contribution in [1.29, 1.82) is 0 Å². The smallest absolute Gasteiger partial charge is 0.0695 e. The first-order chi connectivity index (χ1) is 9.31. The van der Waals surface area contributed by atoms with Gasteiger partial charge in [0.25, 0.3) is 0 Å². The number of aliphatic hydroxyl groups is 1. The van der Waals surface area contributed by atoms with Crippen LogP contribution in [0.15, 0.2) is 0 Å². The fourth-order valence-electron chi connectivity index (χ4n) is 4.09. The second kappa shape index (κ2) is 8.26. The van der Waals surface area contributed by atoms with Gasteiger partial charge < -0.3 is 5.11 Å². The second-order valence-corrected chi connectivity index (χ2v) is 6.75. The van der Waals surface area contributed by atoms with Gasteiger partial charge in [-0.2, -0.15) is 0 Å². The minimum Gasteiger partial charge on any atom is -0.391 e. The summed E-state index contributed by atoms with van der Waals surface area (Å²) in [4.78, 5) is 2.63. The van der Waals surface area contributed by atoms with E-state index in [1.54, 1.807) is 0 Å². The zero-order valence-corrected chi connectivity index (χ0v) is 12.8.